The molecule has 0 spiro atoms. The van der Waals surface area contributed by atoms with Gasteiger partial charge in [-0.25, -0.2) is 0 Å². The van der Waals surface area contributed by atoms with E-state index in [1.54, 1.807) is 0 Å². The van der Waals surface area contributed by atoms with Gasteiger partial charge in [-0.2, -0.15) is 0 Å². The molecular formula is C15H27NO3. The highest BCUT2D eigenvalue weighted by Crippen LogP contribution is 2.37. The van der Waals surface area contributed by atoms with Crippen LogP contribution in [0.5, 0.6) is 0 Å². The molecule has 0 aliphatic carbocycles. The summed E-state index contributed by atoms with van der Waals surface area (Å²) in [7, 11) is 0. The van der Waals surface area contributed by atoms with Crippen LogP contribution in [0.15, 0.2) is 0 Å². The SMILES string of the molecule is CCC1CC(N2CCC(CC)(C(=O)O)CC2)CCO1. The molecule has 0 radical (unpaired) electrons. The molecule has 1 N–H and O–H groups in total. The van der Waals surface area contributed by atoms with Crippen molar-refractivity contribution in [3.63, 3.8) is 0 Å². The molecule has 0 aromatic carbocycles. The number of rotatable bonds is 4. The van der Waals surface area contributed by atoms with Gasteiger partial charge in [0.15, 0.2) is 0 Å². The van der Waals surface area contributed by atoms with Crippen LogP contribution >= 0.6 is 0 Å². The molecule has 0 amide bonds. The fourth-order valence-electron chi connectivity index (χ4n) is 3.51. The molecule has 0 aromatic heterocycles. The third-order valence-corrected chi connectivity index (χ3v) is 5.20. The Kier molecular flexibility index (Phi) is 4.85. The van der Waals surface area contributed by atoms with Gasteiger partial charge in [0.25, 0.3) is 0 Å². The van der Waals surface area contributed by atoms with Gasteiger partial charge in [0.1, 0.15) is 0 Å². The topological polar surface area (TPSA) is 49.8 Å². The summed E-state index contributed by atoms with van der Waals surface area (Å²) in [6.45, 7) is 6.90. The highest BCUT2D eigenvalue weighted by molar-refractivity contribution is 5.74. The molecule has 2 atom stereocenters. The molecule has 2 unspecified atom stereocenters. The van der Waals surface area contributed by atoms with Gasteiger partial charge in [0.2, 0.25) is 0 Å². The van der Waals surface area contributed by atoms with E-state index >= 15 is 0 Å². The van der Waals surface area contributed by atoms with Crippen molar-refractivity contribution in [2.45, 2.75) is 64.5 Å². The van der Waals surface area contributed by atoms with Crippen LogP contribution in [0.3, 0.4) is 0 Å². The Balaban J connectivity index is 1.90. The maximum Gasteiger partial charge on any atom is 0.309 e. The van der Waals surface area contributed by atoms with Crippen molar-refractivity contribution in [2.24, 2.45) is 5.41 Å². The van der Waals surface area contributed by atoms with Crippen LogP contribution in [0.2, 0.25) is 0 Å². The van der Waals surface area contributed by atoms with E-state index in [9.17, 15) is 9.90 Å². The second-order valence-corrected chi connectivity index (χ2v) is 6.05. The van der Waals surface area contributed by atoms with Gasteiger partial charge >= 0.3 is 5.97 Å². The Bertz CT molecular complexity index is 311. The number of ether oxygens (including phenoxy) is 1. The van der Waals surface area contributed by atoms with E-state index in [0.29, 0.717) is 12.1 Å². The van der Waals surface area contributed by atoms with E-state index in [1.165, 1.54) is 0 Å². The minimum Gasteiger partial charge on any atom is -0.481 e. The molecule has 2 rings (SSSR count). The number of likely N-dealkylation sites (tertiary alicyclic amines) is 1. The fourth-order valence-corrected chi connectivity index (χ4v) is 3.51. The van der Waals surface area contributed by atoms with Gasteiger partial charge in [0, 0.05) is 12.6 Å². The van der Waals surface area contributed by atoms with Gasteiger partial charge in [-0.3, -0.25) is 4.79 Å². The van der Waals surface area contributed by atoms with Gasteiger partial charge in [-0.05, 0) is 51.6 Å². The molecule has 0 aromatic rings. The van der Waals surface area contributed by atoms with Gasteiger partial charge < -0.3 is 14.7 Å². The molecule has 2 saturated heterocycles. The molecular weight excluding hydrogens is 242 g/mol. The number of carbonyl (C=O) groups is 1. The third-order valence-electron chi connectivity index (χ3n) is 5.20. The van der Waals surface area contributed by atoms with Crippen LogP contribution in [-0.2, 0) is 9.53 Å². The quantitative estimate of drug-likeness (QED) is 0.852. The summed E-state index contributed by atoms with van der Waals surface area (Å²) < 4.78 is 5.73. The number of aliphatic carboxylic acids is 1. The first-order valence-electron chi connectivity index (χ1n) is 7.70. The molecule has 0 bridgehead atoms. The average molecular weight is 269 g/mol. The number of hydrogen-bond acceptors (Lipinski definition) is 3. The summed E-state index contributed by atoms with van der Waals surface area (Å²) in [5.41, 5.74) is -0.466. The lowest BCUT2D eigenvalue weighted by molar-refractivity contribution is -0.153. The molecule has 19 heavy (non-hydrogen) atoms. The van der Waals surface area contributed by atoms with Crippen LogP contribution in [0.4, 0.5) is 0 Å². The first-order chi connectivity index (χ1) is 9.11. The molecule has 0 saturated carbocycles. The summed E-state index contributed by atoms with van der Waals surface area (Å²) in [4.78, 5) is 14.0. The monoisotopic (exact) mass is 269 g/mol. The minimum absolute atomic E-state index is 0.399. The number of carboxylic acid groups (broad SMARTS) is 1. The van der Waals surface area contributed by atoms with E-state index in [0.717, 1.165) is 58.2 Å². The van der Waals surface area contributed by atoms with Crippen LogP contribution < -0.4 is 0 Å². The van der Waals surface area contributed by atoms with Crippen molar-refractivity contribution >= 4 is 5.97 Å². The van der Waals surface area contributed by atoms with Crippen molar-refractivity contribution in [1.29, 1.82) is 0 Å². The second kappa shape index (κ2) is 6.23. The lowest BCUT2D eigenvalue weighted by atomic mass is 9.75. The zero-order valence-electron chi connectivity index (χ0n) is 12.2. The summed E-state index contributed by atoms with van der Waals surface area (Å²) in [6.07, 6.45) is 6.04. The largest absolute Gasteiger partial charge is 0.481 e. The third kappa shape index (κ3) is 3.11. The summed E-state index contributed by atoms with van der Waals surface area (Å²) in [5, 5.41) is 9.43. The fraction of sp³-hybridized carbons (Fsp3) is 0.933. The lowest BCUT2D eigenvalue weighted by Gasteiger charge is -2.44. The lowest BCUT2D eigenvalue weighted by Crippen LogP contribution is -2.50. The minimum atomic E-state index is -0.604. The Hall–Kier alpha value is -0.610. The Morgan fingerprint density at radius 2 is 2.05 bits per heavy atom. The number of carboxylic acids is 1. The van der Waals surface area contributed by atoms with Gasteiger partial charge in [0.05, 0.1) is 11.5 Å². The molecule has 110 valence electrons. The number of piperidine rings is 1. The first-order valence-corrected chi connectivity index (χ1v) is 7.70. The highest BCUT2D eigenvalue weighted by atomic mass is 16.5. The maximum absolute atomic E-state index is 11.5. The predicted molar refractivity (Wildman–Crippen MR) is 74.2 cm³/mol. The molecule has 4 heteroatoms. The van der Waals surface area contributed by atoms with Crippen molar-refractivity contribution in [3.8, 4) is 0 Å². The van der Waals surface area contributed by atoms with E-state index in [-0.39, 0.29) is 0 Å². The average Bonchev–Trinajstić information content (AvgIpc) is 2.47. The maximum atomic E-state index is 11.5. The molecule has 2 fully saturated rings. The van der Waals surface area contributed by atoms with Gasteiger partial charge in [-0.15, -0.1) is 0 Å². The highest BCUT2D eigenvalue weighted by Gasteiger charge is 2.41. The van der Waals surface area contributed by atoms with Gasteiger partial charge in [-0.1, -0.05) is 13.8 Å². The standard InChI is InChI=1S/C15H27NO3/c1-3-13-11-12(5-10-19-13)16-8-6-15(4-2,7-9-16)14(17)18/h12-13H,3-11H2,1-2H3,(H,17,18). The Labute approximate surface area is 116 Å². The number of hydrogen-bond donors (Lipinski definition) is 1. The van der Waals surface area contributed by atoms with Crippen molar-refractivity contribution in [2.75, 3.05) is 19.7 Å². The van der Waals surface area contributed by atoms with Crippen LogP contribution in [-0.4, -0.2) is 47.8 Å². The second-order valence-electron chi connectivity index (χ2n) is 6.05. The summed E-state index contributed by atoms with van der Waals surface area (Å²) in [6, 6.07) is 0.599. The Morgan fingerprint density at radius 3 is 2.58 bits per heavy atom. The molecule has 4 nitrogen and oxygen atoms in total. The zero-order valence-corrected chi connectivity index (χ0v) is 12.2. The smallest absolute Gasteiger partial charge is 0.309 e. The van der Waals surface area contributed by atoms with Crippen LogP contribution in [0.1, 0.15) is 52.4 Å². The van der Waals surface area contributed by atoms with E-state index in [1.807, 2.05) is 6.92 Å². The van der Waals surface area contributed by atoms with E-state index in [4.69, 9.17) is 4.74 Å². The zero-order chi connectivity index (χ0) is 13.9. The molecule has 2 aliphatic heterocycles. The predicted octanol–water partition coefficient (Wildman–Crippen LogP) is 2.52. The summed E-state index contributed by atoms with van der Waals surface area (Å²) >= 11 is 0. The number of nitrogens with zero attached hydrogens (tertiary/aromatic N) is 1. The molecule has 2 heterocycles. The van der Waals surface area contributed by atoms with Crippen molar-refractivity contribution in [1.82, 2.24) is 4.90 Å². The Morgan fingerprint density at radius 1 is 1.37 bits per heavy atom. The van der Waals surface area contributed by atoms with Crippen molar-refractivity contribution in [3.05, 3.63) is 0 Å². The van der Waals surface area contributed by atoms with Crippen molar-refractivity contribution < 1.29 is 14.6 Å². The van der Waals surface area contributed by atoms with Crippen LogP contribution in [0, 0.1) is 5.41 Å². The van der Waals surface area contributed by atoms with Crippen LogP contribution in [0.25, 0.3) is 0 Å². The normalized spacial score (nSPS) is 32.1. The summed E-state index contributed by atoms with van der Waals surface area (Å²) in [5.74, 6) is -0.604. The van der Waals surface area contributed by atoms with E-state index in [2.05, 4.69) is 11.8 Å². The van der Waals surface area contributed by atoms with E-state index < -0.39 is 11.4 Å². The first kappa shape index (κ1) is 14.8. The molecule has 2 aliphatic rings.